The molecule has 0 N–H and O–H groups in total. The van der Waals surface area contributed by atoms with Gasteiger partial charge in [-0.1, -0.05) is 5.16 Å². The van der Waals surface area contributed by atoms with Crippen molar-refractivity contribution in [3.05, 3.63) is 42.4 Å². The normalized spacial score (nSPS) is 26.0. The van der Waals surface area contributed by atoms with Crippen molar-refractivity contribution >= 4 is 17.5 Å². The van der Waals surface area contributed by atoms with Crippen LogP contribution in [0.2, 0.25) is 0 Å². The number of benzene rings is 1. The molecule has 8 heteroatoms. The van der Waals surface area contributed by atoms with Crippen molar-refractivity contribution in [3.63, 3.8) is 0 Å². The van der Waals surface area contributed by atoms with Crippen molar-refractivity contribution in [2.45, 2.75) is 44.8 Å². The minimum atomic E-state index is -0.336. The number of halogens is 1. The zero-order valence-electron chi connectivity index (χ0n) is 18.6. The van der Waals surface area contributed by atoms with Crippen LogP contribution in [0.25, 0.3) is 0 Å². The molecule has 1 aromatic heterocycles. The third-order valence-electron chi connectivity index (χ3n) is 7.49. The van der Waals surface area contributed by atoms with Crippen LogP contribution >= 0.6 is 0 Å². The lowest BCUT2D eigenvalue weighted by Crippen LogP contribution is -2.52. The molecule has 7 nitrogen and oxygen atoms in total. The first-order valence-electron chi connectivity index (χ1n) is 11.6. The maximum atomic E-state index is 13.2. The fourth-order valence-electron chi connectivity index (χ4n) is 5.46. The molecular weight excluding hydrogens is 411 g/mol. The van der Waals surface area contributed by atoms with E-state index in [2.05, 4.69) is 26.8 Å². The van der Waals surface area contributed by atoms with E-state index in [9.17, 15) is 9.18 Å². The number of ether oxygens (including phenoxy) is 1. The summed E-state index contributed by atoms with van der Waals surface area (Å²) in [7, 11) is 0. The Labute approximate surface area is 188 Å². The predicted molar refractivity (Wildman–Crippen MR) is 119 cm³/mol. The summed E-state index contributed by atoms with van der Waals surface area (Å²) in [5.41, 5.74) is 0.735. The second-order valence-electron chi connectivity index (χ2n) is 9.45. The Morgan fingerprint density at radius 3 is 2.56 bits per heavy atom. The van der Waals surface area contributed by atoms with Gasteiger partial charge in [0.1, 0.15) is 18.2 Å². The van der Waals surface area contributed by atoms with Crippen molar-refractivity contribution in [1.82, 2.24) is 10.1 Å². The molecule has 0 saturated carbocycles. The summed E-state index contributed by atoms with van der Waals surface area (Å²) in [6, 6.07) is 9.00. The average molecular weight is 443 g/mol. The second-order valence-corrected chi connectivity index (χ2v) is 9.45. The Balaban J connectivity index is 1.11. The number of piperidine rings is 1. The first-order valence-corrected chi connectivity index (χ1v) is 11.6. The molecule has 0 aliphatic carbocycles. The van der Waals surface area contributed by atoms with E-state index in [0.29, 0.717) is 6.04 Å². The Morgan fingerprint density at radius 2 is 1.88 bits per heavy atom. The second kappa shape index (κ2) is 8.73. The summed E-state index contributed by atoms with van der Waals surface area (Å²) in [4.78, 5) is 19.7. The fraction of sp³-hybridized carbons (Fsp3) is 0.583. The van der Waals surface area contributed by atoms with Crippen molar-refractivity contribution < 1.29 is 18.4 Å². The van der Waals surface area contributed by atoms with E-state index in [1.54, 1.807) is 6.26 Å². The molecule has 4 heterocycles. The largest absolute Gasteiger partial charge is 0.462 e. The van der Waals surface area contributed by atoms with E-state index >= 15 is 0 Å². The van der Waals surface area contributed by atoms with Crippen molar-refractivity contribution in [1.29, 1.82) is 0 Å². The first kappa shape index (κ1) is 21.2. The van der Waals surface area contributed by atoms with Crippen LogP contribution in [0.5, 0.6) is 0 Å². The van der Waals surface area contributed by atoms with Gasteiger partial charge >= 0.3 is 5.97 Å². The third kappa shape index (κ3) is 4.20. The van der Waals surface area contributed by atoms with Gasteiger partial charge in [0.05, 0.1) is 5.41 Å². The highest BCUT2D eigenvalue weighted by Crippen LogP contribution is 2.44. The van der Waals surface area contributed by atoms with Crippen LogP contribution in [0.4, 0.5) is 15.9 Å². The molecule has 32 heavy (non-hydrogen) atoms. The molecule has 1 aromatic carbocycles. The molecule has 3 aliphatic heterocycles. The monoisotopic (exact) mass is 442 g/mol. The molecule has 3 saturated heterocycles. The summed E-state index contributed by atoms with van der Waals surface area (Å²) in [5.74, 6) is 0.626. The summed E-state index contributed by atoms with van der Waals surface area (Å²) in [6.07, 6.45) is 4.90. The standard InChI is InChI=1S/C24H31FN4O3/c1-18-17-29(20-4-2-19(25)3-5-20)14-13-27(18)10-6-21-16-24(23(30)32-21)8-11-28(12-9-24)22-7-15-31-26-22/h2-5,7,15,18,21H,6,8-14,16-17H2,1H3/t18-,21-/m0/s1. The van der Waals surface area contributed by atoms with E-state index in [1.165, 1.54) is 12.1 Å². The summed E-state index contributed by atoms with van der Waals surface area (Å²) in [6.45, 7) is 7.56. The number of esters is 1. The summed E-state index contributed by atoms with van der Waals surface area (Å²) < 4.78 is 24.0. The highest BCUT2D eigenvalue weighted by atomic mass is 19.1. The number of hydrogen-bond donors (Lipinski definition) is 0. The number of carbonyl (C=O) groups is 1. The third-order valence-corrected chi connectivity index (χ3v) is 7.49. The molecule has 0 unspecified atom stereocenters. The van der Waals surface area contributed by atoms with E-state index < -0.39 is 0 Å². The molecule has 2 atom stereocenters. The smallest absolute Gasteiger partial charge is 0.312 e. The fourth-order valence-corrected chi connectivity index (χ4v) is 5.46. The number of aromatic nitrogens is 1. The van der Waals surface area contributed by atoms with Gasteiger partial charge in [0.2, 0.25) is 0 Å². The van der Waals surface area contributed by atoms with E-state index in [-0.39, 0.29) is 23.3 Å². The number of hydrogen-bond acceptors (Lipinski definition) is 7. The Hall–Kier alpha value is -2.61. The van der Waals surface area contributed by atoms with Gasteiger partial charge in [0.25, 0.3) is 0 Å². The Kier molecular flexibility index (Phi) is 5.80. The highest BCUT2D eigenvalue weighted by molar-refractivity contribution is 5.79. The van der Waals surface area contributed by atoms with E-state index in [0.717, 1.165) is 76.5 Å². The van der Waals surface area contributed by atoms with Crippen LogP contribution < -0.4 is 9.80 Å². The lowest BCUT2D eigenvalue weighted by atomic mass is 9.75. The van der Waals surface area contributed by atoms with Crippen LogP contribution in [0, 0.1) is 11.2 Å². The van der Waals surface area contributed by atoms with Crippen LogP contribution in [0.3, 0.4) is 0 Å². The Bertz CT molecular complexity index is 912. The summed E-state index contributed by atoms with van der Waals surface area (Å²) in [5, 5.41) is 4.01. The number of carbonyl (C=O) groups excluding carboxylic acids is 1. The maximum Gasteiger partial charge on any atom is 0.312 e. The van der Waals surface area contributed by atoms with Crippen LogP contribution in [-0.4, -0.2) is 67.4 Å². The molecule has 0 amide bonds. The van der Waals surface area contributed by atoms with Crippen molar-refractivity contribution in [2.75, 3.05) is 49.1 Å². The lowest BCUT2D eigenvalue weighted by molar-refractivity contribution is -0.149. The molecule has 0 bridgehead atoms. The molecule has 3 fully saturated rings. The summed E-state index contributed by atoms with van der Waals surface area (Å²) >= 11 is 0. The molecule has 1 spiro atoms. The van der Waals surface area contributed by atoms with Crippen LogP contribution in [-0.2, 0) is 9.53 Å². The molecular formula is C24H31FN4O3. The van der Waals surface area contributed by atoms with Crippen molar-refractivity contribution in [2.24, 2.45) is 5.41 Å². The first-order chi connectivity index (χ1) is 15.5. The number of anilines is 2. The van der Waals surface area contributed by atoms with Crippen LogP contribution in [0.15, 0.2) is 41.1 Å². The van der Waals surface area contributed by atoms with Gasteiger partial charge in [-0.05, 0) is 50.5 Å². The molecule has 172 valence electrons. The minimum Gasteiger partial charge on any atom is -0.462 e. The number of cyclic esters (lactones) is 1. The number of nitrogens with zero attached hydrogens (tertiary/aromatic N) is 4. The van der Waals surface area contributed by atoms with Gasteiger partial charge < -0.3 is 19.1 Å². The lowest BCUT2D eigenvalue weighted by Gasteiger charge is -2.41. The average Bonchev–Trinajstić information content (AvgIpc) is 3.43. The van der Waals surface area contributed by atoms with Crippen molar-refractivity contribution in [3.8, 4) is 0 Å². The van der Waals surface area contributed by atoms with E-state index in [4.69, 9.17) is 9.26 Å². The molecule has 2 aromatic rings. The van der Waals surface area contributed by atoms with E-state index in [1.807, 2.05) is 18.2 Å². The number of piperazine rings is 1. The SMILES string of the molecule is C[C@H]1CN(c2ccc(F)cc2)CCN1CC[C@H]1CC2(CCN(c3ccon3)CC2)C(=O)O1. The van der Waals surface area contributed by atoms with Gasteiger partial charge in [-0.2, -0.15) is 0 Å². The zero-order chi connectivity index (χ0) is 22.1. The van der Waals surface area contributed by atoms with Crippen LogP contribution in [0.1, 0.15) is 32.6 Å². The Morgan fingerprint density at radius 1 is 1.09 bits per heavy atom. The van der Waals surface area contributed by atoms with Gasteiger partial charge in [-0.3, -0.25) is 9.69 Å². The minimum absolute atomic E-state index is 0.00317. The quantitative estimate of drug-likeness (QED) is 0.659. The predicted octanol–water partition coefficient (Wildman–Crippen LogP) is 3.32. The highest BCUT2D eigenvalue weighted by Gasteiger charge is 2.50. The van der Waals surface area contributed by atoms with Gasteiger partial charge in [-0.25, -0.2) is 4.39 Å². The molecule has 3 aliphatic rings. The van der Waals surface area contributed by atoms with Gasteiger partial charge in [0.15, 0.2) is 5.82 Å². The van der Waals surface area contributed by atoms with Gasteiger partial charge in [-0.15, -0.1) is 0 Å². The molecule has 5 rings (SSSR count). The molecule has 0 radical (unpaired) electrons. The zero-order valence-corrected chi connectivity index (χ0v) is 18.6. The topological polar surface area (TPSA) is 62.0 Å². The van der Waals surface area contributed by atoms with Gasteiger partial charge in [0, 0.05) is 63.5 Å². The number of rotatable bonds is 5. The maximum absolute atomic E-state index is 13.2.